The van der Waals surface area contributed by atoms with Gasteiger partial charge in [-0.15, -0.1) is 0 Å². The van der Waals surface area contributed by atoms with Crippen LogP contribution in [0.3, 0.4) is 0 Å². The minimum absolute atomic E-state index is 0.232. The molecule has 0 unspecified atom stereocenters. The van der Waals surface area contributed by atoms with Crippen LogP contribution < -0.4 is 5.32 Å². The highest BCUT2D eigenvalue weighted by Gasteiger charge is 2.33. The number of nitrogens with zero attached hydrogens (tertiary/aromatic N) is 1. The fourth-order valence-electron chi connectivity index (χ4n) is 1.66. The SMILES string of the molecule is C=C(C)COCCNC1CN(C(=O)OC(C)(C)C)C1. The van der Waals surface area contributed by atoms with Crippen LogP contribution in [0.15, 0.2) is 12.2 Å². The second-order valence-corrected chi connectivity index (χ2v) is 6.05. The van der Waals surface area contributed by atoms with E-state index < -0.39 is 5.60 Å². The molecule has 0 aromatic heterocycles. The van der Waals surface area contributed by atoms with Gasteiger partial charge in [-0.05, 0) is 27.7 Å². The standard InChI is InChI=1S/C14H26N2O3/c1-11(2)10-18-7-6-15-12-8-16(9-12)13(17)19-14(3,4)5/h12,15H,1,6-10H2,2-5H3. The van der Waals surface area contributed by atoms with Gasteiger partial charge in [0.05, 0.1) is 13.2 Å². The van der Waals surface area contributed by atoms with Gasteiger partial charge in [-0.1, -0.05) is 12.2 Å². The van der Waals surface area contributed by atoms with Crippen LogP contribution in [0.5, 0.6) is 0 Å². The molecular formula is C14H26N2O3. The lowest BCUT2D eigenvalue weighted by molar-refractivity contribution is 0.00469. The predicted octanol–water partition coefficient (Wildman–Crippen LogP) is 1.79. The lowest BCUT2D eigenvalue weighted by atomic mass is 10.1. The zero-order valence-corrected chi connectivity index (χ0v) is 12.5. The molecule has 0 saturated carbocycles. The Kier molecular flexibility index (Phi) is 5.82. The largest absolute Gasteiger partial charge is 0.444 e. The normalized spacial score (nSPS) is 16.1. The highest BCUT2D eigenvalue weighted by Crippen LogP contribution is 2.14. The van der Waals surface area contributed by atoms with E-state index in [0.717, 1.165) is 12.1 Å². The van der Waals surface area contributed by atoms with E-state index in [1.54, 1.807) is 4.90 Å². The summed E-state index contributed by atoms with van der Waals surface area (Å²) in [5.41, 5.74) is 0.603. The van der Waals surface area contributed by atoms with Crippen LogP contribution in [-0.4, -0.2) is 55.5 Å². The maximum atomic E-state index is 11.7. The predicted molar refractivity (Wildman–Crippen MR) is 75.2 cm³/mol. The summed E-state index contributed by atoms with van der Waals surface area (Å²) < 4.78 is 10.7. The third-order valence-electron chi connectivity index (χ3n) is 2.56. The molecule has 1 aliphatic rings. The molecule has 1 fully saturated rings. The van der Waals surface area contributed by atoms with Gasteiger partial charge in [0.25, 0.3) is 0 Å². The Morgan fingerprint density at radius 1 is 1.42 bits per heavy atom. The number of carbonyl (C=O) groups excluding carboxylic acids is 1. The van der Waals surface area contributed by atoms with Gasteiger partial charge >= 0.3 is 6.09 Å². The molecule has 0 bridgehead atoms. The molecule has 0 aromatic carbocycles. The van der Waals surface area contributed by atoms with Crippen LogP contribution in [-0.2, 0) is 9.47 Å². The minimum atomic E-state index is -0.425. The molecule has 0 aromatic rings. The van der Waals surface area contributed by atoms with Crippen LogP contribution in [0, 0.1) is 0 Å². The first-order valence-corrected chi connectivity index (χ1v) is 6.71. The van der Waals surface area contributed by atoms with Gasteiger partial charge in [0.1, 0.15) is 5.60 Å². The number of amides is 1. The van der Waals surface area contributed by atoms with E-state index in [0.29, 0.717) is 32.3 Å². The number of ether oxygens (including phenoxy) is 2. The molecule has 1 aliphatic heterocycles. The first-order chi connectivity index (χ1) is 8.78. The van der Waals surface area contributed by atoms with E-state index in [1.165, 1.54) is 0 Å². The van der Waals surface area contributed by atoms with Gasteiger partial charge in [-0.25, -0.2) is 4.79 Å². The molecular weight excluding hydrogens is 244 g/mol. The summed E-state index contributed by atoms with van der Waals surface area (Å²) in [6.45, 7) is 14.8. The Balaban J connectivity index is 2.04. The monoisotopic (exact) mass is 270 g/mol. The van der Waals surface area contributed by atoms with Gasteiger partial charge in [-0.3, -0.25) is 0 Å². The summed E-state index contributed by atoms with van der Waals surface area (Å²) in [7, 11) is 0. The maximum Gasteiger partial charge on any atom is 0.410 e. The lowest BCUT2D eigenvalue weighted by Crippen LogP contribution is -2.60. The molecule has 0 radical (unpaired) electrons. The first kappa shape index (κ1) is 16.0. The number of likely N-dealkylation sites (tertiary alicyclic amines) is 1. The van der Waals surface area contributed by atoms with Crippen LogP contribution in [0.2, 0.25) is 0 Å². The molecule has 5 heteroatoms. The van der Waals surface area contributed by atoms with Gasteiger partial charge in [0, 0.05) is 25.7 Å². The fraction of sp³-hybridized carbons (Fsp3) is 0.786. The van der Waals surface area contributed by atoms with Crippen molar-refractivity contribution in [3.8, 4) is 0 Å². The summed E-state index contributed by atoms with van der Waals surface area (Å²) in [5.74, 6) is 0. The van der Waals surface area contributed by atoms with E-state index >= 15 is 0 Å². The smallest absolute Gasteiger partial charge is 0.410 e. The lowest BCUT2D eigenvalue weighted by Gasteiger charge is -2.40. The van der Waals surface area contributed by atoms with Crippen molar-refractivity contribution in [3.63, 3.8) is 0 Å². The average molecular weight is 270 g/mol. The highest BCUT2D eigenvalue weighted by atomic mass is 16.6. The van der Waals surface area contributed by atoms with Crippen molar-refractivity contribution in [1.29, 1.82) is 0 Å². The molecule has 0 spiro atoms. The van der Waals surface area contributed by atoms with Crippen molar-refractivity contribution in [2.24, 2.45) is 0 Å². The zero-order valence-electron chi connectivity index (χ0n) is 12.5. The summed E-state index contributed by atoms with van der Waals surface area (Å²) in [4.78, 5) is 13.4. The van der Waals surface area contributed by atoms with Crippen molar-refractivity contribution in [1.82, 2.24) is 10.2 Å². The van der Waals surface area contributed by atoms with Gasteiger partial charge < -0.3 is 19.7 Å². The van der Waals surface area contributed by atoms with E-state index in [-0.39, 0.29) is 6.09 Å². The molecule has 1 rings (SSSR count). The minimum Gasteiger partial charge on any atom is -0.444 e. The van der Waals surface area contributed by atoms with E-state index in [1.807, 2.05) is 27.7 Å². The molecule has 0 atom stereocenters. The van der Waals surface area contributed by atoms with E-state index in [9.17, 15) is 4.79 Å². The molecule has 1 heterocycles. The highest BCUT2D eigenvalue weighted by molar-refractivity contribution is 5.69. The summed E-state index contributed by atoms with van der Waals surface area (Å²) in [6.07, 6.45) is -0.232. The number of nitrogens with one attached hydrogen (secondary N) is 1. The quantitative estimate of drug-likeness (QED) is 0.590. The van der Waals surface area contributed by atoms with Crippen molar-refractivity contribution >= 4 is 6.09 Å². The van der Waals surface area contributed by atoms with Crippen molar-refractivity contribution < 1.29 is 14.3 Å². The molecule has 1 N–H and O–H groups in total. The Hall–Kier alpha value is -1.07. The molecule has 110 valence electrons. The molecule has 1 saturated heterocycles. The van der Waals surface area contributed by atoms with Crippen LogP contribution in [0.4, 0.5) is 4.79 Å². The van der Waals surface area contributed by atoms with Gasteiger partial charge in [-0.2, -0.15) is 0 Å². The number of hydrogen-bond acceptors (Lipinski definition) is 4. The Bertz CT molecular complexity index is 317. The summed E-state index contributed by atoms with van der Waals surface area (Å²) in [5, 5.41) is 3.34. The van der Waals surface area contributed by atoms with E-state index in [2.05, 4.69) is 11.9 Å². The summed E-state index contributed by atoms with van der Waals surface area (Å²) in [6, 6.07) is 0.348. The van der Waals surface area contributed by atoms with Crippen molar-refractivity contribution in [2.45, 2.75) is 39.3 Å². The third-order valence-corrected chi connectivity index (χ3v) is 2.56. The molecule has 5 nitrogen and oxygen atoms in total. The number of rotatable bonds is 6. The van der Waals surface area contributed by atoms with Crippen LogP contribution in [0.25, 0.3) is 0 Å². The topological polar surface area (TPSA) is 50.8 Å². The van der Waals surface area contributed by atoms with Crippen molar-refractivity contribution in [2.75, 3.05) is 32.8 Å². The van der Waals surface area contributed by atoms with E-state index in [4.69, 9.17) is 9.47 Å². The van der Waals surface area contributed by atoms with Crippen molar-refractivity contribution in [3.05, 3.63) is 12.2 Å². The maximum absolute atomic E-state index is 11.7. The average Bonchev–Trinajstić information content (AvgIpc) is 2.16. The molecule has 0 aliphatic carbocycles. The Labute approximate surface area is 115 Å². The number of carbonyl (C=O) groups is 1. The van der Waals surface area contributed by atoms with Crippen LogP contribution in [0.1, 0.15) is 27.7 Å². The third kappa shape index (κ3) is 6.59. The fourth-order valence-corrected chi connectivity index (χ4v) is 1.66. The number of hydrogen-bond donors (Lipinski definition) is 1. The zero-order chi connectivity index (χ0) is 14.5. The Morgan fingerprint density at radius 3 is 2.58 bits per heavy atom. The molecule has 19 heavy (non-hydrogen) atoms. The van der Waals surface area contributed by atoms with Gasteiger partial charge in [0.2, 0.25) is 0 Å². The first-order valence-electron chi connectivity index (χ1n) is 6.71. The molecule has 1 amide bonds. The second-order valence-electron chi connectivity index (χ2n) is 6.05. The Morgan fingerprint density at radius 2 is 2.05 bits per heavy atom. The van der Waals surface area contributed by atoms with Gasteiger partial charge in [0.15, 0.2) is 0 Å². The summed E-state index contributed by atoms with van der Waals surface area (Å²) >= 11 is 0. The van der Waals surface area contributed by atoms with Crippen LogP contribution >= 0.6 is 0 Å². The second kappa shape index (κ2) is 6.91.